The Balaban J connectivity index is 2.02. The van der Waals surface area contributed by atoms with Crippen LogP contribution in [0.1, 0.15) is 24.2 Å². The lowest BCUT2D eigenvalue weighted by atomic mass is 9.98. The van der Waals surface area contributed by atoms with Gasteiger partial charge >= 0.3 is 0 Å². The number of nitrogens with one attached hydrogen (secondary N) is 1. The normalized spacial score (nSPS) is 11.8. The monoisotopic (exact) mass is 350 g/mol. The molecule has 134 valence electrons. The lowest BCUT2D eigenvalue weighted by Gasteiger charge is -2.23. The highest BCUT2D eigenvalue weighted by Gasteiger charge is 2.23. The summed E-state index contributed by atoms with van der Waals surface area (Å²) in [7, 11) is 3.22. The van der Waals surface area contributed by atoms with Gasteiger partial charge in [0.2, 0.25) is 5.91 Å². The number of ether oxygens (including phenoxy) is 2. The maximum atomic E-state index is 11.8. The predicted octanol–water partition coefficient (Wildman–Crippen LogP) is 3.67. The number of benzene rings is 2. The molecule has 0 radical (unpaired) electrons. The second-order valence-electron chi connectivity index (χ2n) is 6.03. The molecule has 2 aromatic carbocycles. The maximum Gasteiger partial charge on any atom is 0.217 e. The fraction of sp³-hybridized carbons (Fsp3) is 0.238. The van der Waals surface area contributed by atoms with Crippen LogP contribution < -0.4 is 14.8 Å². The summed E-state index contributed by atoms with van der Waals surface area (Å²) in [6, 6.07) is 17.3. The quantitative estimate of drug-likeness (QED) is 0.737. The molecule has 0 spiro atoms. The largest absolute Gasteiger partial charge is 0.496 e. The SMILES string of the molecule is COc1cccc(OC)c1[C@@H](Cc1ccc2ccccc2n1)NC(C)=O. The summed E-state index contributed by atoms with van der Waals surface area (Å²) in [5.74, 6) is 1.22. The number of carbonyl (C=O) groups excluding carboxylic acids is 1. The molecule has 26 heavy (non-hydrogen) atoms. The number of carbonyl (C=O) groups is 1. The van der Waals surface area contributed by atoms with E-state index in [2.05, 4.69) is 5.32 Å². The molecule has 1 N–H and O–H groups in total. The van der Waals surface area contributed by atoms with Crippen molar-refractivity contribution in [3.05, 3.63) is 65.9 Å². The Labute approximate surface area is 153 Å². The van der Waals surface area contributed by atoms with Crippen molar-refractivity contribution >= 4 is 16.8 Å². The molecule has 0 unspecified atom stereocenters. The van der Waals surface area contributed by atoms with E-state index < -0.39 is 0 Å². The zero-order valence-electron chi connectivity index (χ0n) is 15.2. The summed E-state index contributed by atoms with van der Waals surface area (Å²) in [6.07, 6.45) is 0.529. The van der Waals surface area contributed by atoms with Crippen LogP contribution in [0.3, 0.4) is 0 Å². The van der Waals surface area contributed by atoms with Gasteiger partial charge in [-0.3, -0.25) is 9.78 Å². The molecule has 0 aliphatic rings. The Morgan fingerprint density at radius 2 is 1.69 bits per heavy atom. The summed E-state index contributed by atoms with van der Waals surface area (Å²) in [5.41, 5.74) is 2.62. The number of amides is 1. The summed E-state index contributed by atoms with van der Waals surface area (Å²) < 4.78 is 11.0. The smallest absolute Gasteiger partial charge is 0.217 e. The number of hydrogen-bond acceptors (Lipinski definition) is 4. The van der Waals surface area contributed by atoms with Crippen LogP contribution in [0.4, 0.5) is 0 Å². The third kappa shape index (κ3) is 3.77. The number of methoxy groups -OCH3 is 2. The molecule has 1 aromatic heterocycles. The van der Waals surface area contributed by atoms with Crippen molar-refractivity contribution in [2.24, 2.45) is 0 Å². The molecule has 0 fully saturated rings. The minimum atomic E-state index is -0.313. The molecule has 1 heterocycles. The summed E-state index contributed by atoms with van der Waals surface area (Å²) >= 11 is 0. The van der Waals surface area contributed by atoms with Gasteiger partial charge in [0.05, 0.1) is 31.3 Å². The van der Waals surface area contributed by atoms with Crippen LogP contribution in [0.5, 0.6) is 11.5 Å². The maximum absolute atomic E-state index is 11.8. The number of aromatic nitrogens is 1. The molecule has 0 aliphatic heterocycles. The van der Waals surface area contributed by atoms with Crippen molar-refractivity contribution in [2.75, 3.05) is 14.2 Å². The van der Waals surface area contributed by atoms with Gasteiger partial charge in [-0.25, -0.2) is 0 Å². The van der Waals surface area contributed by atoms with Crippen molar-refractivity contribution in [1.82, 2.24) is 10.3 Å². The standard InChI is InChI=1S/C21H22N2O3/c1-14(24)22-18(21-19(25-2)9-6-10-20(21)26-3)13-16-12-11-15-7-4-5-8-17(15)23-16/h4-12,18H,13H2,1-3H3,(H,22,24)/t18-/m1/s1. The van der Waals surface area contributed by atoms with Gasteiger partial charge in [0, 0.05) is 24.4 Å². The summed E-state index contributed by atoms with van der Waals surface area (Å²) in [5, 5.41) is 4.09. The van der Waals surface area contributed by atoms with E-state index in [1.54, 1.807) is 14.2 Å². The molecule has 1 atom stereocenters. The van der Waals surface area contributed by atoms with Gasteiger partial charge in [-0.15, -0.1) is 0 Å². The van der Waals surface area contributed by atoms with E-state index in [1.165, 1.54) is 6.92 Å². The first-order chi connectivity index (χ1) is 12.6. The fourth-order valence-corrected chi connectivity index (χ4v) is 3.13. The highest BCUT2D eigenvalue weighted by molar-refractivity contribution is 5.78. The average molecular weight is 350 g/mol. The van der Waals surface area contributed by atoms with Crippen LogP contribution in [0.15, 0.2) is 54.6 Å². The summed E-state index contributed by atoms with van der Waals surface area (Å²) in [4.78, 5) is 16.5. The Hall–Kier alpha value is -3.08. The highest BCUT2D eigenvalue weighted by atomic mass is 16.5. The number of pyridine rings is 1. The third-order valence-corrected chi connectivity index (χ3v) is 4.26. The van der Waals surface area contributed by atoms with Crippen molar-refractivity contribution in [1.29, 1.82) is 0 Å². The Morgan fingerprint density at radius 1 is 1.00 bits per heavy atom. The van der Waals surface area contributed by atoms with Gasteiger partial charge in [-0.05, 0) is 24.3 Å². The first-order valence-corrected chi connectivity index (χ1v) is 8.45. The minimum Gasteiger partial charge on any atom is -0.496 e. The first kappa shape index (κ1) is 17.7. The van der Waals surface area contributed by atoms with Gasteiger partial charge in [0.15, 0.2) is 0 Å². The number of para-hydroxylation sites is 1. The lowest BCUT2D eigenvalue weighted by Crippen LogP contribution is -2.28. The lowest BCUT2D eigenvalue weighted by molar-refractivity contribution is -0.119. The van der Waals surface area contributed by atoms with E-state index in [-0.39, 0.29) is 11.9 Å². The van der Waals surface area contributed by atoms with Crippen LogP contribution in [-0.4, -0.2) is 25.1 Å². The van der Waals surface area contributed by atoms with Crippen LogP contribution >= 0.6 is 0 Å². The zero-order chi connectivity index (χ0) is 18.5. The predicted molar refractivity (Wildman–Crippen MR) is 102 cm³/mol. The van der Waals surface area contributed by atoms with Crippen LogP contribution in [0, 0.1) is 0 Å². The van der Waals surface area contributed by atoms with Crippen molar-refractivity contribution < 1.29 is 14.3 Å². The van der Waals surface area contributed by atoms with Gasteiger partial charge in [-0.2, -0.15) is 0 Å². The van der Waals surface area contributed by atoms with Crippen molar-refractivity contribution in [2.45, 2.75) is 19.4 Å². The van der Waals surface area contributed by atoms with Crippen molar-refractivity contribution in [3.63, 3.8) is 0 Å². The molecule has 5 nitrogen and oxygen atoms in total. The third-order valence-electron chi connectivity index (χ3n) is 4.26. The molecule has 3 rings (SSSR count). The Morgan fingerprint density at radius 3 is 2.35 bits per heavy atom. The van der Waals surface area contributed by atoms with Crippen LogP contribution in [0.2, 0.25) is 0 Å². The second kappa shape index (κ2) is 7.87. The number of hydrogen-bond donors (Lipinski definition) is 1. The number of fused-ring (bicyclic) bond motifs is 1. The number of nitrogens with zero attached hydrogens (tertiary/aromatic N) is 1. The zero-order valence-corrected chi connectivity index (χ0v) is 15.2. The average Bonchev–Trinajstić information content (AvgIpc) is 2.66. The Bertz CT molecular complexity index is 902. The second-order valence-corrected chi connectivity index (χ2v) is 6.03. The van der Waals surface area contributed by atoms with Gasteiger partial charge in [-0.1, -0.05) is 30.3 Å². The molecule has 0 saturated carbocycles. The highest BCUT2D eigenvalue weighted by Crippen LogP contribution is 2.35. The van der Waals surface area contributed by atoms with Gasteiger partial charge in [0.25, 0.3) is 0 Å². The van der Waals surface area contributed by atoms with Gasteiger partial charge < -0.3 is 14.8 Å². The van der Waals surface area contributed by atoms with E-state index >= 15 is 0 Å². The Kier molecular flexibility index (Phi) is 5.37. The number of rotatable bonds is 6. The van der Waals surface area contributed by atoms with E-state index in [9.17, 15) is 4.79 Å². The molecule has 5 heteroatoms. The van der Waals surface area contributed by atoms with E-state index in [0.717, 1.165) is 22.2 Å². The first-order valence-electron chi connectivity index (χ1n) is 8.45. The molecular weight excluding hydrogens is 328 g/mol. The summed E-state index contributed by atoms with van der Waals surface area (Å²) in [6.45, 7) is 1.50. The molecule has 0 bridgehead atoms. The molecule has 0 saturated heterocycles. The van der Waals surface area contributed by atoms with Gasteiger partial charge in [0.1, 0.15) is 11.5 Å². The molecule has 1 amide bonds. The van der Waals surface area contributed by atoms with E-state index in [0.29, 0.717) is 17.9 Å². The minimum absolute atomic E-state index is 0.122. The van der Waals surface area contributed by atoms with E-state index in [4.69, 9.17) is 14.5 Å². The van der Waals surface area contributed by atoms with E-state index in [1.807, 2.05) is 54.6 Å². The molecule has 3 aromatic rings. The van der Waals surface area contributed by atoms with Crippen LogP contribution in [0.25, 0.3) is 10.9 Å². The molecular formula is C21H22N2O3. The fourth-order valence-electron chi connectivity index (χ4n) is 3.13. The van der Waals surface area contributed by atoms with Crippen molar-refractivity contribution in [3.8, 4) is 11.5 Å². The molecule has 0 aliphatic carbocycles. The van der Waals surface area contributed by atoms with Crippen LogP contribution in [-0.2, 0) is 11.2 Å². The topological polar surface area (TPSA) is 60.5 Å².